The van der Waals surface area contributed by atoms with Crippen molar-refractivity contribution in [3.05, 3.63) is 0 Å². The number of hydrogen-bond donors (Lipinski definition) is 5. The molecule has 0 aliphatic carbocycles. The Morgan fingerprint density at radius 3 is 2.56 bits per heavy atom. The molecule has 0 aliphatic heterocycles. The molecule has 0 spiro atoms. The van der Waals surface area contributed by atoms with E-state index in [4.69, 9.17) is 16.1 Å². The van der Waals surface area contributed by atoms with Crippen LogP contribution in [0, 0.1) is 5.41 Å². The Hall–Kier alpha value is -0.830. The van der Waals surface area contributed by atoms with Crippen molar-refractivity contribution in [1.29, 1.82) is 0 Å². The molecule has 0 aliphatic rings. The van der Waals surface area contributed by atoms with E-state index in [-0.39, 0.29) is 24.5 Å². The van der Waals surface area contributed by atoms with Crippen LogP contribution in [0.5, 0.6) is 0 Å². The van der Waals surface area contributed by atoms with Gasteiger partial charge < -0.3 is 15.3 Å². The summed E-state index contributed by atoms with van der Waals surface area (Å²) in [6.07, 6.45) is -0.882. The van der Waals surface area contributed by atoms with Crippen molar-refractivity contribution >= 4 is 23.6 Å². The minimum atomic E-state index is -1.13. The predicted molar refractivity (Wildman–Crippen MR) is 67.7 cm³/mol. The molecule has 0 fully saturated rings. The first-order chi connectivity index (χ1) is 8.35. The molecule has 2 atom stereocenters. The Kier molecular flexibility index (Phi) is 7.92. The van der Waals surface area contributed by atoms with Crippen LogP contribution >= 0.6 is 11.8 Å². The summed E-state index contributed by atoms with van der Waals surface area (Å²) in [6, 6.07) is 0. The largest absolute Gasteiger partial charge is 0.481 e. The minimum absolute atomic E-state index is 0.0328. The van der Waals surface area contributed by atoms with E-state index in [1.54, 1.807) is 0 Å². The van der Waals surface area contributed by atoms with Gasteiger partial charge in [0.25, 0.3) is 0 Å². The van der Waals surface area contributed by atoms with E-state index in [9.17, 15) is 14.7 Å². The molecule has 106 valence electrons. The Balaban J connectivity index is 4.19. The monoisotopic (exact) mass is 280 g/mol. The van der Waals surface area contributed by atoms with Gasteiger partial charge in [0.05, 0.1) is 18.1 Å². The fraction of sp³-hybridized carbons (Fsp3) is 0.800. The molecule has 0 aromatic heterocycles. The number of nitrogens with one attached hydrogen (secondary N) is 1. The number of carbonyl (C=O) groups is 2. The zero-order valence-corrected chi connectivity index (χ0v) is 11.1. The van der Waals surface area contributed by atoms with E-state index >= 15 is 0 Å². The van der Waals surface area contributed by atoms with Crippen LogP contribution in [0.4, 0.5) is 0 Å². The number of carboxylic acids is 1. The number of nitrogens with two attached hydrogens (primary N) is 1. The molecule has 0 aromatic carbocycles. The van der Waals surface area contributed by atoms with Crippen molar-refractivity contribution in [1.82, 2.24) is 5.43 Å². The molecule has 7 nitrogen and oxygen atoms in total. The van der Waals surface area contributed by atoms with Gasteiger partial charge in [0.2, 0.25) is 5.91 Å². The Morgan fingerprint density at radius 2 is 2.11 bits per heavy atom. The fourth-order valence-corrected chi connectivity index (χ4v) is 2.49. The van der Waals surface area contributed by atoms with Crippen LogP contribution in [0.2, 0.25) is 0 Å². The van der Waals surface area contributed by atoms with E-state index in [1.165, 1.54) is 18.7 Å². The van der Waals surface area contributed by atoms with Crippen LogP contribution < -0.4 is 11.3 Å². The number of aliphatic hydroxyl groups excluding tert-OH is 2. The molecule has 0 saturated heterocycles. The molecule has 0 saturated carbocycles. The molecular formula is C10H20N2O5S. The van der Waals surface area contributed by atoms with Gasteiger partial charge in [-0.15, -0.1) is 0 Å². The number of hydrazine groups is 1. The second-order valence-electron chi connectivity index (χ2n) is 4.28. The van der Waals surface area contributed by atoms with Gasteiger partial charge in [0, 0.05) is 17.9 Å². The first-order valence-electron chi connectivity index (χ1n) is 5.45. The summed E-state index contributed by atoms with van der Waals surface area (Å²) in [4.78, 5) is 22.0. The number of carboxylic acid groups (broad SMARTS) is 1. The number of hydrogen-bond acceptors (Lipinski definition) is 6. The lowest BCUT2D eigenvalue weighted by atomic mass is 9.87. The zero-order chi connectivity index (χ0) is 14.2. The summed E-state index contributed by atoms with van der Waals surface area (Å²) in [5, 5.41) is 27.2. The molecule has 0 bridgehead atoms. The lowest BCUT2D eigenvalue weighted by Crippen LogP contribution is -2.36. The molecule has 8 heteroatoms. The van der Waals surface area contributed by atoms with Gasteiger partial charge in [-0.3, -0.25) is 15.0 Å². The molecule has 0 rings (SSSR count). The Bertz CT molecular complexity index is 289. The van der Waals surface area contributed by atoms with E-state index < -0.39 is 24.1 Å². The molecule has 18 heavy (non-hydrogen) atoms. The highest BCUT2D eigenvalue weighted by Crippen LogP contribution is 2.28. The van der Waals surface area contributed by atoms with Crippen LogP contribution in [-0.4, -0.2) is 51.4 Å². The number of aliphatic hydroxyl groups is 2. The van der Waals surface area contributed by atoms with Crippen molar-refractivity contribution in [2.24, 2.45) is 11.3 Å². The third kappa shape index (κ3) is 6.20. The second kappa shape index (κ2) is 8.30. The molecule has 2 unspecified atom stereocenters. The quantitative estimate of drug-likeness (QED) is 0.157. The normalized spacial score (nSPS) is 15.8. The van der Waals surface area contributed by atoms with Gasteiger partial charge in [-0.2, -0.15) is 11.8 Å². The minimum Gasteiger partial charge on any atom is -0.481 e. The van der Waals surface area contributed by atoms with Crippen LogP contribution in [0.1, 0.15) is 19.8 Å². The number of rotatable bonds is 9. The second-order valence-corrected chi connectivity index (χ2v) is 5.38. The molecule has 6 N–H and O–H groups in total. The SMILES string of the molecule is CC(CSCCC(=O)NN)(CC(O)CO)C(=O)O. The number of carbonyl (C=O) groups excluding carboxylic acids is 1. The van der Waals surface area contributed by atoms with Gasteiger partial charge in [-0.25, -0.2) is 5.84 Å². The maximum atomic E-state index is 11.2. The first-order valence-corrected chi connectivity index (χ1v) is 6.60. The van der Waals surface area contributed by atoms with Gasteiger partial charge in [0.15, 0.2) is 0 Å². The lowest BCUT2D eigenvalue weighted by molar-refractivity contribution is -0.148. The molecule has 0 radical (unpaired) electrons. The van der Waals surface area contributed by atoms with E-state index in [2.05, 4.69) is 0 Å². The van der Waals surface area contributed by atoms with Crippen molar-refractivity contribution < 1.29 is 24.9 Å². The average Bonchev–Trinajstić information content (AvgIpc) is 2.33. The smallest absolute Gasteiger partial charge is 0.310 e. The number of amides is 1. The zero-order valence-electron chi connectivity index (χ0n) is 10.3. The molecule has 0 heterocycles. The predicted octanol–water partition coefficient (Wildman–Crippen LogP) is -1.07. The average molecular weight is 280 g/mol. The van der Waals surface area contributed by atoms with Crippen molar-refractivity contribution in [2.75, 3.05) is 18.1 Å². The van der Waals surface area contributed by atoms with Crippen LogP contribution in [0.3, 0.4) is 0 Å². The van der Waals surface area contributed by atoms with Crippen molar-refractivity contribution in [2.45, 2.75) is 25.9 Å². The van der Waals surface area contributed by atoms with Gasteiger partial charge in [-0.05, 0) is 13.3 Å². The summed E-state index contributed by atoms with van der Waals surface area (Å²) in [6.45, 7) is 1.04. The molecule has 1 amide bonds. The topological polar surface area (TPSA) is 133 Å². The number of thioether (sulfide) groups is 1. The summed E-state index contributed by atoms with van der Waals surface area (Å²) in [5.41, 5.74) is 0.852. The van der Waals surface area contributed by atoms with Crippen LogP contribution in [-0.2, 0) is 9.59 Å². The first kappa shape index (κ1) is 17.2. The highest BCUT2D eigenvalue weighted by atomic mass is 32.2. The maximum absolute atomic E-state index is 11.2. The Labute approximate surface area is 110 Å². The van der Waals surface area contributed by atoms with Gasteiger partial charge in [0.1, 0.15) is 0 Å². The van der Waals surface area contributed by atoms with Gasteiger partial charge >= 0.3 is 5.97 Å². The third-order valence-electron chi connectivity index (χ3n) is 2.47. The van der Waals surface area contributed by atoms with E-state index in [1.807, 2.05) is 5.43 Å². The third-order valence-corrected chi connectivity index (χ3v) is 3.80. The van der Waals surface area contributed by atoms with Crippen molar-refractivity contribution in [3.63, 3.8) is 0 Å². The van der Waals surface area contributed by atoms with Gasteiger partial charge in [-0.1, -0.05) is 0 Å². The highest BCUT2D eigenvalue weighted by Gasteiger charge is 2.35. The van der Waals surface area contributed by atoms with E-state index in [0.717, 1.165) is 0 Å². The highest BCUT2D eigenvalue weighted by molar-refractivity contribution is 7.99. The summed E-state index contributed by atoms with van der Waals surface area (Å²) in [7, 11) is 0. The standard InChI is InChI=1S/C10H20N2O5S/c1-10(9(16)17,4-7(14)5-13)6-18-3-2-8(15)12-11/h7,13-14H,2-6,11H2,1H3,(H,12,15)(H,16,17). The van der Waals surface area contributed by atoms with Crippen LogP contribution in [0.15, 0.2) is 0 Å². The fourth-order valence-electron chi connectivity index (χ4n) is 1.33. The maximum Gasteiger partial charge on any atom is 0.310 e. The molecular weight excluding hydrogens is 260 g/mol. The molecule has 0 aromatic rings. The lowest BCUT2D eigenvalue weighted by Gasteiger charge is -2.26. The van der Waals surface area contributed by atoms with Crippen molar-refractivity contribution in [3.8, 4) is 0 Å². The van der Waals surface area contributed by atoms with Crippen LogP contribution in [0.25, 0.3) is 0 Å². The summed E-state index contributed by atoms with van der Waals surface area (Å²) >= 11 is 1.29. The number of aliphatic carboxylic acids is 1. The van der Waals surface area contributed by atoms with E-state index in [0.29, 0.717) is 5.75 Å². The summed E-state index contributed by atoms with van der Waals surface area (Å²) in [5.74, 6) is 4.25. The summed E-state index contributed by atoms with van der Waals surface area (Å²) < 4.78 is 0. The Morgan fingerprint density at radius 1 is 1.50 bits per heavy atom.